The average Bonchev–Trinajstić information content (AvgIpc) is 2.94. The van der Waals surface area contributed by atoms with Crippen LogP contribution in [0.25, 0.3) is 0 Å². The largest absolute Gasteiger partial charge is 0.444 e. The van der Waals surface area contributed by atoms with E-state index >= 15 is 0 Å². The van der Waals surface area contributed by atoms with E-state index in [2.05, 4.69) is 26.2 Å². The second-order valence-corrected chi connectivity index (χ2v) is 7.99. The van der Waals surface area contributed by atoms with Crippen LogP contribution in [0.1, 0.15) is 39.1 Å². The molecule has 1 N–H and O–H groups in total. The fourth-order valence-electron chi connectivity index (χ4n) is 2.53. The highest BCUT2D eigenvalue weighted by atomic mass is 79.9. The van der Waals surface area contributed by atoms with Crippen LogP contribution in [0.4, 0.5) is 9.18 Å². The summed E-state index contributed by atoms with van der Waals surface area (Å²) in [6, 6.07) is 6.45. The van der Waals surface area contributed by atoms with Crippen LogP contribution in [0.5, 0.6) is 0 Å². The Morgan fingerprint density at radius 2 is 2.12 bits per heavy atom. The van der Waals surface area contributed by atoms with Crippen molar-refractivity contribution in [1.29, 1.82) is 5.26 Å². The molecule has 0 radical (unpaired) electrons. The summed E-state index contributed by atoms with van der Waals surface area (Å²) in [6.45, 7) is 7.00. The summed E-state index contributed by atoms with van der Waals surface area (Å²) < 4.78 is 22.1. The summed E-state index contributed by atoms with van der Waals surface area (Å²) in [7, 11) is 0. The Labute approximate surface area is 160 Å². The number of imidazole rings is 1. The molecular formula is C18H20BrFN4O2. The van der Waals surface area contributed by atoms with Gasteiger partial charge in [-0.2, -0.15) is 5.26 Å². The van der Waals surface area contributed by atoms with Gasteiger partial charge in [-0.05, 0) is 45.9 Å². The first-order valence-corrected chi connectivity index (χ1v) is 8.71. The molecule has 0 aliphatic rings. The highest BCUT2D eigenvalue weighted by Gasteiger charge is 2.34. The third-order valence-corrected chi connectivity index (χ3v) is 4.10. The summed E-state index contributed by atoms with van der Waals surface area (Å²) in [5.41, 5.74) is -1.62. The fraction of sp³-hybridized carbons (Fsp3) is 0.389. The lowest BCUT2D eigenvalue weighted by Gasteiger charge is -2.33. The number of carbonyl (C=O) groups is 1. The van der Waals surface area contributed by atoms with Crippen LogP contribution in [0.2, 0.25) is 0 Å². The van der Waals surface area contributed by atoms with E-state index in [1.54, 1.807) is 50.6 Å². The molecule has 6 nitrogen and oxygen atoms in total. The third-order valence-electron chi connectivity index (χ3n) is 3.60. The Morgan fingerprint density at radius 3 is 2.73 bits per heavy atom. The van der Waals surface area contributed by atoms with E-state index in [0.29, 0.717) is 4.47 Å². The van der Waals surface area contributed by atoms with Crippen LogP contribution in [0.15, 0.2) is 35.1 Å². The van der Waals surface area contributed by atoms with Crippen molar-refractivity contribution >= 4 is 22.0 Å². The highest BCUT2D eigenvalue weighted by molar-refractivity contribution is 9.10. The summed E-state index contributed by atoms with van der Waals surface area (Å²) in [5, 5.41) is 11.9. The monoisotopic (exact) mass is 422 g/mol. The van der Waals surface area contributed by atoms with E-state index in [4.69, 9.17) is 4.74 Å². The van der Waals surface area contributed by atoms with Gasteiger partial charge in [0.1, 0.15) is 17.5 Å². The second-order valence-electron chi connectivity index (χ2n) is 7.07. The predicted molar refractivity (Wildman–Crippen MR) is 97.8 cm³/mol. The minimum absolute atomic E-state index is 0.0997. The number of hydrogen-bond donors (Lipinski definition) is 1. The summed E-state index contributed by atoms with van der Waals surface area (Å²) in [4.78, 5) is 16.3. The lowest BCUT2D eigenvalue weighted by molar-refractivity contribution is 0.0448. The first kappa shape index (κ1) is 19.9. The molecule has 0 bridgehead atoms. The van der Waals surface area contributed by atoms with Crippen molar-refractivity contribution in [2.24, 2.45) is 0 Å². The zero-order valence-electron chi connectivity index (χ0n) is 15.0. The van der Waals surface area contributed by atoms with Gasteiger partial charge in [-0.3, -0.25) is 0 Å². The number of halogens is 2. The van der Waals surface area contributed by atoms with Crippen LogP contribution in [0, 0.1) is 17.1 Å². The maximum absolute atomic E-state index is 14.6. The number of alkyl carbamates (subject to hydrolysis) is 1. The standard InChI is InChI=1S/C18H20BrFN4O2/c1-17(2,3)26-16(25)23-18(4,11-24-8-7-22-15(24)10-21)13-9-12(19)5-6-14(13)20/h5-9H,11H2,1-4H3,(H,23,25)/t18-/m0/s1. The molecule has 26 heavy (non-hydrogen) atoms. The van der Waals surface area contributed by atoms with E-state index in [1.165, 1.54) is 12.3 Å². The number of hydrogen-bond acceptors (Lipinski definition) is 4. The number of rotatable bonds is 4. The van der Waals surface area contributed by atoms with Gasteiger partial charge < -0.3 is 14.6 Å². The quantitative estimate of drug-likeness (QED) is 0.803. The Morgan fingerprint density at radius 1 is 1.42 bits per heavy atom. The van der Waals surface area contributed by atoms with Gasteiger partial charge in [-0.1, -0.05) is 15.9 Å². The maximum Gasteiger partial charge on any atom is 0.408 e. The van der Waals surface area contributed by atoms with Crippen LogP contribution < -0.4 is 5.32 Å². The van der Waals surface area contributed by atoms with Crippen molar-refractivity contribution in [3.05, 3.63) is 52.3 Å². The molecule has 138 valence electrons. The molecular weight excluding hydrogens is 403 g/mol. The van der Waals surface area contributed by atoms with Crippen molar-refractivity contribution in [3.63, 3.8) is 0 Å². The van der Waals surface area contributed by atoms with E-state index in [1.807, 2.05) is 6.07 Å². The lowest BCUT2D eigenvalue weighted by Crippen LogP contribution is -2.49. The molecule has 0 aliphatic heterocycles. The number of nitrogens with one attached hydrogen (secondary N) is 1. The molecule has 0 spiro atoms. The Hall–Kier alpha value is -2.40. The van der Waals surface area contributed by atoms with E-state index < -0.39 is 23.1 Å². The van der Waals surface area contributed by atoms with Crippen molar-refractivity contribution in [1.82, 2.24) is 14.9 Å². The van der Waals surface area contributed by atoms with Gasteiger partial charge in [0.2, 0.25) is 5.82 Å². The fourth-order valence-corrected chi connectivity index (χ4v) is 2.89. The van der Waals surface area contributed by atoms with Gasteiger partial charge in [-0.25, -0.2) is 14.2 Å². The molecule has 1 atom stereocenters. The van der Waals surface area contributed by atoms with Crippen LogP contribution in [-0.2, 0) is 16.8 Å². The Bertz CT molecular complexity index is 854. The highest BCUT2D eigenvalue weighted by Crippen LogP contribution is 2.29. The predicted octanol–water partition coefficient (Wildman–Crippen LogP) is 4.10. The summed E-state index contributed by atoms with van der Waals surface area (Å²) in [5.74, 6) is -0.317. The van der Waals surface area contributed by atoms with Crippen LogP contribution >= 0.6 is 15.9 Å². The Balaban J connectivity index is 2.45. The van der Waals surface area contributed by atoms with Crippen LogP contribution in [0.3, 0.4) is 0 Å². The number of carbonyl (C=O) groups excluding carboxylic acids is 1. The summed E-state index contributed by atoms with van der Waals surface area (Å²) in [6.07, 6.45) is 2.39. The van der Waals surface area contributed by atoms with Gasteiger partial charge in [0, 0.05) is 22.4 Å². The van der Waals surface area contributed by atoms with Crippen molar-refractivity contribution in [2.75, 3.05) is 0 Å². The number of amides is 1. The zero-order valence-corrected chi connectivity index (χ0v) is 16.6. The first-order valence-electron chi connectivity index (χ1n) is 7.92. The van der Waals surface area contributed by atoms with E-state index in [9.17, 15) is 14.4 Å². The van der Waals surface area contributed by atoms with Crippen molar-refractivity contribution in [3.8, 4) is 6.07 Å². The smallest absolute Gasteiger partial charge is 0.408 e. The average molecular weight is 423 g/mol. The Kier molecular flexibility index (Phi) is 5.71. The van der Waals surface area contributed by atoms with E-state index in [-0.39, 0.29) is 17.9 Å². The summed E-state index contributed by atoms with van der Waals surface area (Å²) >= 11 is 3.33. The van der Waals surface area contributed by atoms with Crippen molar-refractivity contribution < 1.29 is 13.9 Å². The molecule has 0 unspecified atom stereocenters. The normalized spacial score (nSPS) is 13.6. The molecule has 1 aromatic heterocycles. The van der Waals surface area contributed by atoms with Crippen molar-refractivity contribution in [2.45, 2.75) is 45.4 Å². The SMILES string of the molecule is CC(C)(C)OC(=O)N[C@@](C)(Cn1ccnc1C#N)c1cc(Br)ccc1F. The molecule has 2 rings (SSSR count). The lowest BCUT2D eigenvalue weighted by atomic mass is 9.91. The molecule has 8 heteroatoms. The minimum Gasteiger partial charge on any atom is -0.444 e. The van der Waals surface area contributed by atoms with Gasteiger partial charge in [0.15, 0.2) is 0 Å². The van der Waals surface area contributed by atoms with Gasteiger partial charge in [-0.15, -0.1) is 0 Å². The molecule has 0 aliphatic carbocycles. The number of nitriles is 1. The van der Waals surface area contributed by atoms with Crippen LogP contribution in [-0.4, -0.2) is 21.2 Å². The molecule has 0 fully saturated rings. The number of nitrogens with zero attached hydrogens (tertiary/aromatic N) is 3. The minimum atomic E-state index is -1.18. The number of benzene rings is 1. The van der Waals surface area contributed by atoms with E-state index in [0.717, 1.165) is 0 Å². The van der Waals surface area contributed by atoms with Gasteiger partial charge >= 0.3 is 6.09 Å². The first-order chi connectivity index (χ1) is 12.0. The topological polar surface area (TPSA) is 79.9 Å². The number of aromatic nitrogens is 2. The van der Waals surface area contributed by atoms with Gasteiger partial charge in [0.05, 0.1) is 12.1 Å². The third kappa shape index (κ3) is 4.82. The molecule has 2 aromatic rings. The molecule has 1 aromatic carbocycles. The molecule has 1 heterocycles. The van der Waals surface area contributed by atoms with Gasteiger partial charge in [0.25, 0.3) is 0 Å². The molecule has 0 saturated heterocycles. The zero-order chi connectivity index (χ0) is 19.5. The maximum atomic E-state index is 14.6. The molecule has 1 amide bonds. The number of ether oxygens (including phenoxy) is 1. The second kappa shape index (κ2) is 7.46. The molecule has 0 saturated carbocycles.